The number of piperidine rings is 1. The Labute approximate surface area is 220 Å². The predicted molar refractivity (Wildman–Crippen MR) is 141 cm³/mol. The quantitative estimate of drug-likeness (QED) is 0.378. The fourth-order valence-corrected chi connectivity index (χ4v) is 5.47. The minimum absolute atomic E-state index is 0.0240. The van der Waals surface area contributed by atoms with Crippen LogP contribution in [0.5, 0.6) is 5.75 Å². The van der Waals surface area contributed by atoms with Gasteiger partial charge in [-0.15, -0.1) is 0 Å². The van der Waals surface area contributed by atoms with E-state index in [1.165, 1.54) is 12.2 Å². The van der Waals surface area contributed by atoms with Crippen LogP contribution >= 0.6 is 34.8 Å². The largest absolute Gasteiger partial charge is 0.494 e. The van der Waals surface area contributed by atoms with E-state index in [9.17, 15) is 9.18 Å². The standard InChI is InChI=1S/C26H29Cl3FN3O2/c1-17(25-24(29)26(34)33(31(25)2)20-5-3-4-19(30)6-7-20)32-13-10-18(11-14-32)12-15-35-21-8-9-22(27)23(28)16-21/h3-4,6-9,16-18H,5,10-15H2,1-2H3. The van der Waals surface area contributed by atoms with E-state index in [-0.39, 0.29) is 22.5 Å². The van der Waals surface area contributed by atoms with Crippen LogP contribution in [-0.2, 0) is 7.05 Å². The maximum Gasteiger partial charge on any atom is 0.290 e. The van der Waals surface area contributed by atoms with Gasteiger partial charge in [0.15, 0.2) is 0 Å². The van der Waals surface area contributed by atoms with Crippen molar-refractivity contribution < 1.29 is 9.13 Å². The zero-order valence-electron chi connectivity index (χ0n) is 19.8. The lowest BCUT2D eigenvalue weighted by Crippen LogP contribution is -2.37. The first-order chi connectivity index (χ1) is 16.8. The number of ether oxygens (including phenoxy) is 1. The van der Waals surface area contributed by atoms with Crippen molar-refractivity contribution in [2.24, 2.45) is 13.0 Å². The van der Waals surface area contributed by atoms with E-state index in [1.807, 2.05) is 17.8 Å². The molecule has 1 aromatic carbocycles. The molecule has 1 unspecified atom stereocenters. The third-order valence-corrected chi connectivity index (χ3v) is 7.94. The normalized spacial score (nSPS) is 18.2. The zero-order chi connectivity index (χ0) is 25.1. The van der Waals surface area contributed by atoms with Gasteiger partial charge in [0.2, 0.25) is 0 Å². The molecule has 0 spiro atoms. The van der Waals surface area contributed by atoms with Crippen molar-refractivity contribution in [3.63, 3.8) is 0 Å². The van der Waals surface area contributed by atoms with Crippen molar-refractivity contribution in [3.8, 4) is 5.75 Å². The summed E-state index contributed by atoms with van der Waals surface area (Å²) in [5.74, 6) is 0.949. The lowest BCUT2D eigenvalue weighted by Gasteiger charge is -2.36. The monoisotopic (exact) mass is 539 g/mol. The number of nitrogens with zero attached hydrogens (tertiary/aromatic N) is 3. The van der Waals surface area contributed by atoms with Crippen LogP contribution in [0.4, 0.5) is 4.39 Å². The van der Waals surface area contributed by atoms with Crippen molar-refractivity contribution >= 4 is 40.5 Å². The van der Waals surface area contributed by atoms with Crippen LogP contribution in [0.25, 0.3) is 5.70 Å². The summed E-state index contributed by atoms with van der Waals surface area (Å²) in [4.78, 5) is 15.4. The Morgan fingerprint density at radius 3 is 2.60 bits per heavy atom. The number of halogens is 4. The number of aromatic nitrogens is 2. The first-order valence-corrected chi connectivity index (χ1v) is 12.9. The topological polar surface area (TPSA) is 39.4 Å². The average Bonchev–Trinajstić information content (AvgIpc) is 2.96. The molecule has 188 valence electrons. The highest BCUT2D eigenvalue weighted by molar-refractivity contribution is 6.42. The Hall–Kier alpha value is -1.99. The van der Waals surface area contributed by atoms with E-state index < -0.39 is 0 Å². The van der Waals surface area contributed by atoms with Gasteiger partial charge >= 0.3 is 0 Å². The van der Waals surface area contributed by atoms with E-state index in [1.54, 1.807) is 29.0 Å². The Morgan fingerprint density at radius 2 is 1.89 bits per heavy atom. The molecule has 0 radical (unpaired) electrons. The minimum Gasteiger partial charge on any atom is -0.494 e. The summed E-state index contributed by atoms with van der Waals surface area (Å²) >= 11 is 18.6. The Morgan fingerprint density at radius 1 is 1.14 bits per heavy atom. The zero-order valence-corrected chi connectivity index (χ0v) is 22.1. The van der Waals surface area contributed by atoms with Gasteiger partial charge in [-0.3, -0.25) is 14.4 Å². The third-order valence-electron chi connectivity index (χ3n) is 6.84. The van der Waals surface area contributed by atoms with E-state index in [0.717, 1.165) is 43.8 Å². The molecule has 5 nitrogen and oxygen atoms in total. The molecule has 2 heterocycles. The molecule has 9 heteroatoms. The second-order valence-corrected chi connectivity index (χ2v) is 10.2. The van der Waals surface area contributed by atoms with Crippen molar-refractivity contribution in [2.45, 2.75) is 38.6 Å². The molecule has 1 fully saturated rings. The van der Waals surface area contributed by atoms with Crippen LogP contribution in [0, 0.1) is 5.92 Å². The van der Waals surface area contributed by atoms with Crippen molar-refractivity contribution in [2.75, 3.05) is 19.7 Å². The minimum atomic E-state index is -0.341. The third kappa shape index (κ3) is 5.88. The highest BCUT2D eigenvalue weighted by Gasteiger charge is 2.29. The Bertz CT molecular complexity index is 1220. The molecule has 1 saturated heterocycles. The van der Waals surface area contributed by atoms with E-state index >= 15 is 0 Å². The molecular formula is C26H29Cl3FN3O2. The smallest absolute Gasteiger partial charge is 0.290 e. The summed E-state index contributed by atoms with van der Waals surface area (Å²) in [6, 6.07) is 5.28. The van der Waals surface area contributed by atoms with Crippen LogP contribution in [-0.4, -0.2) is 34.0 Å². The molecule has 2 aromatic rings. The second-order valence-electron chi connectivity index (χ2n) is 9.02. The van der Waals surface area contributed by atoms with Crippen LogP contribution in [0.15, 0.2) is 53.1 Å². The van der Waals surface area contributed by atoms with Crippen molar-refractivity contribution in [3.05, 3.63) is 79.4 Å². The molecule has 0 amide bonds. The van der Waals surface area contributed by atoms with Gasteiger partial charge < -0.3 is 4.74 Å². The van der Waals surface area contributed by atoms with Crippen LogP contribution in [0.2, 0.25) is 15.1 Å². The number of benzene rings is 1. The van der Waals surface area contributed by atoms with Gasteiger partial charge in [0, 0.05) is 25.2 Å². The van der Waals surface area contributed by atoms with Crippen LogP contribution < -0.4 is 10.3 Å². The summed E-state index contributed by atoms with van der Waals surface area (Å²) < 4.78 is 22.8. The summed E-state index contributed by atoms with van der Waals surface area (Å²) in [5, 5.41) is 1.22. The van der Waals surface area contributed by atoms with Crippen LogP contribution in [0.1, 0.15) is 44.3 Å². The summed E-state index contributed by atoms with van der Waals surface area (Å²) in [5.41, 5.74) is 1.18. The summed E-state index contributed by atoms with van der Waals surface area (Å²) in [6.07, 6.45) is 9.60. The van der Waals surface area contributed by atoms with Gasteiger partial charge in [0.25, 0.3) is 5.56 Å². The first-order valence-electron chi connectivity index (χ1n) is 11.8. The summed E-state index contributed by atoms with van der Waals surface area (Å²) in [7, 11) is 1.84. The highest BCUT2D eigenvalue weighted by atomic mass is 35.5. The molecule has 0 N–H and O–H groups in total. The second kappa shape index (κ2) is 11.4. The lowest BCUT2D eigenvalue weighted by molar-refractivity contribution is 0.124. The summed E-state index contributed by atoms with van der Waals surface area (Å²) in [6.45, 7) is 4.53. The number of likely N-dealkylation sites (tertiary alicyclic amines) is 1. The van der Waals surface area contributed by atoms with Gasteiger partial charge in [0.05, 0.1) is 28.4 Å². The number of hydrogen-bond acceptors (Lipinski definition) is 3. The van der Waals surface area contributed by atoms with Crippen molar-refractivity contribution in [1.29, 1.82) is 0 Å². The van der Waals surface area contributed by atoms with Gasteiger partial charge in [-0.1, -0.05) is 40.9 Å². The van der Waals surface area contributed by atoms with E-state index in [4.69, 9.17) is 39.5 Å². The maximum absolute atomic E-state index is 13.6. The molecule has 1 atom stereocenters. The fraction of sp³-hybridized carbons (Fsp3) is 0.423. The number of allylic oxidation sites excluding steroid dienone is 6. The Balaban J connectivity index is 1.37. The fourth-order valence-electron chi connectivity index (χ4n) is 4.83. The average molecular weight is 541 g/mol. The lowest BCUT2D eigenvalue weighted by atomic mass is 9.93. The van der Waals surface area contributed by atoms with Crippen LogP contribution in [0.3, 0.4) is 0 Å². The van der Waals surface area contributed by atoms with Gasteiger partial charge in [0.1, 0.15) is 16.6 Å². The number of hydrogen-bond donors (Lipinski definition) is 0. The molecule has 1 aliphatic carbocycles. The molecule has 1 aliphatic heterocycles. The van der Waals surface area contributed by atoms with E-state index in [0.29, 0.717) is 34.7 Å². The van der Waals surface area contributed by atoms with Gasteiger partial charge in [-0.05, 0) is 75.6 Å². The molecule has 0 bridgehead atoms. The molecule has 1 aromatic heterocycles. The molecule has 0 saturated carbocycles. The highest BCUT2D eigenvalue weighted by Crippen LogP contribution is 2.32. The SMILES string of the molecule is CC(c1c(Cl)c(=O)n(C2=CC=C(F)C=CC2)n1C)N1CCC(CCOc2ccc(Cl)c(Cl)c2)CC1. The van der Waals surface area contributed by atoms with Gasteiger partial charge in [-0.25, -0.2) is 9.07 Å². The first kappa shape index (κ1) is 26.1. The van der Waals surface area contributed by atoms with E-state index in [2.05, 4.69) is 11.8 Å². The molecule has 35 heavy (non-hydrogen) atoms. The van der Waals surface area contributed by atoms with Crippen molar-refractivity contribution in [1.82, 2.24) is 14.3 Å². The van der Waals surface area contributed by atoms with Gasteiger partial charge in [-0.2, -0.15) is 0 Å². The molecule has 2 aliphatic rings. The molecular weight excluding hydrogens is 512 g/mol. The predicted octanol–water partition coefficient (Wildman–Crippen LogP) is 7.04. The maximum atomic E-state index is 13.6. The Kier molecular flexibility index (Phi) is 8.48. The molecule has 4 rings (SSSR count). The number of rotatable bonds is 7.